The normalized spacial score (nSPS) is 14.7. The third-order valence-corrected chi connectivity index (χ3v) is 7.13. The molecule has 33 heavy (non-hydrogen) atoms. The maximum Gasteiger partial charge on any atom is 0.298 e. The Kier molecular flexibility index (Phi) is 7.34. The first-order valence-corrected chi connectivity index (χ1v) is 12.5. The molecule has 0 atom stereocenters. The van der Waals surface area contributed by atoms with Crippen molar-refractivity contribution in [2.24, 2.45) is 0 Å². The van der Waals surface area contributed by atoms with Crippen LogP contribution in [0, 0.1) is 17.3 Å². The summed E-state index contributed by atoms with van der Waals surface area (Å²) in [7, 11) is 0. The van der Waals surface area contributed by atoms with Crippen LogP contribution in [0.25, 0.3) is 6.08 Å². The highest BCUT2D eigenvalue weighted by Crippen LogP contribution is 2.37. The van der Waals surface area contributed by atoms with Crippen molar-refractivity contribution in [3.8, 4) is 5.75 Å². The Hall–Kier alpha value is -2.45. The minimum atomic E-state index is -0.441. The average Bonchev–Trinajstić information content (AvgIpc) is 3.06. The highest BCUT2D eigenvalue weighted by Gasteiger charge is 2.36. The van der Waals surface area contributed by atoms with Gasteiger partial charge < -0.3 is 4.74 Å². The number of non-ortho nitro benzene ring substituents is 1. The summed E-state index contributed by atoms with van der Waals surface area (Å²) < 4.78 is 7.64. The molecule has 1 saturated heterocycles. The molecule has 4 rings (SSSR count). The lowest BCUT2D eigenvalue weighted by Gasteiger charge is -2.12. The SMILES string of the molecule is O=C1S/C(=C\c2cc(I)c(OCc3ccc([N+](=O)[O-])cc3)c(I)c2)C(=O)N1c1ccccc1. The third-order valence-electron chi connectivity index (χ3n) is 4.66. The summed E-state index contributed by atoms with van der Waals surface area (Å²) in [6.45, 7) is 0.263. The van der Waals surface area contributed by atoms with E-state index in [9.17, 15) is 19.7 Å². The molecule has 1 aliphatic heterocycles. The van der Waals surface area contributed by atoms with E-state index >= 15 is 0 Å². The molecular weight excluding hydrogens is 670 g/mol. The molecule has 3 aromatic carbocycles. The number of nitrogens with zero attached hydrogens (tertiary/aromatic N) is 2. The van der Waals surface area contributed by atoms with Crippen molar-refractivity contribution in [2.75, 3.05) is 4.90 Å². The average molecular weight is 684 g/mol. The number of ether oxygens (including phenoxy) is 1. The molecule has 1 heterocycles. The number of amides is 2. The van der Waals surface area contributed by atoms with E-state index in [1.807, 2.05) is 18.2 Å². The molecule has 166 valence electrons. The van der Waals surface area contributed by atoms with Crippen LogP contribution in [0.15, 0.2) is 71.6 Å². The van der Waals surface area contributed by atoms with Gasteiger partial charge in [-0.05, 0) is 111 Å². The smallest absolute Gasteiger partial charge is 0.298 e. The number of nitro benzene ring substituents is 1. The van der Waals surface area contributed by atoms with Gasteiger partial charge in [0, 0.05) is 12.1 Å². The number of halogens is 2. The number of nitro groups is 1. The predicted molar refractivity (Wildman–Crippen MR) is 144 cm³/mol. The van der Waals surface area contributed by atoms with Gasteiger partial charge in [-0.2, -0.15) is 0 Å². The van der Waals surface area contributed by atoms with Crippen molar-refractivity contribution in [1.82, 2.24) is 0 Å². The van der Waals surface area contributed by atoms with Gasteiger partial charge in [0.05, 0.1) is 22.7 Å². The van der Waals surface area contributed by atoms with E-state index in [1.165, 1.54) is 17.0 Å². The van der Waals surface area contributed by atoms with E-state index in [0.29, 0.717) is 16.3 Å². The summed E-state index contributed by atoms with van der Waals surface area (Å²) in [5, 5.41) is 10.5. The zero-order chi connectivity index (χ0) is 23.5. The minimum Gasteiger partial charge on any atom is -0.487 e. The molecule has 1 aliphatic rings. The van der Waals surface area contributed by atoms with Crippen molar-refractivity contribution < 1.29 is 19.2 Å². The Labute approximate surface area is 220 Å². The molecule has 0 aromatic heterocycles. The second-order valence-corrected chi connectivity index (χ2v) is 10.2. The van der Waals surface area contributed by atoms with Crippen LogP contribution < -0.4 is 9.64 Å². The lowest BCUT2D eigenvalue weighted by Crippen LogP contribution is -2.27. The molecular formula is C23H14I2N2O5S. The zero-order valence-corrected chi connectivity index (χ0v) is 21.9. The van der Waals surface area contributed by atoms with Crippen molar-refractivity contribution in [3.05, 3.63) is 100 Å². The van der Waals surface area contributed by atoms with Crippen LogP contribution in [0.2, 0.25) is 0 Å². The largest absolute Gasteiger partial charge is 0.487 e. The molecule has 0 unspecified atom stereocenters. The summed E-state index contributed by atoms with van der Waals surface area (Å²) in [6, 6.07) is 18.8. The highest BCUT2D eigenvalue weighted by atomic mass is 127. The number of rotatable bonds is 6. The Morgan fingerprint density at radius 1 is 1.00 bits per heavy atom. The van der Waals surface area contributed by atoms with Gasteiger partial charge in [-0.15, -0.1) is 0 Å². The molecule has 0 bridgehead atoms. The topological polar surface area (TPSA) is 89.7 Å². The van der Waals surface area contributed by atoms with E-state index < -0.39 is 4.92 Å². The monoisotopic (exact) mass is 684 g/mol. The quantitative estimate of drug-likeness (QED) is 0.126. The van der Waals surface area contributed by atoms with Crippen LogP contribution >= 0.6 is 56.9 Å². The van der Waals surface area contributed by atoms with Gasteiger partial charge in [0.2, 0.25) is 0 Å². The number of anilines is 1. The lowest BCUT2D eigenvalue weighted by molar-refractivity contribution is -0.384. The van der Waals surface area contributed by atoms with E-state index in [2.05, 4.69) is 45.2 Å². The Morgan fingerprint density at radius 3 is 2.24 bits per heavy atom. The van der Waals surface area contributed by atoms with Crippen LogP contribution in [0.4, 0.5) is 16.2 Å². The van der Waals surface area contributed by atoms with Crippen LogP contribution in [0.3, 0.4) is 0 Å². The number of benzene rings is 3. The van der Waals surface area contributed by atoms with Gasteiger partial charge >= 0.3 is 0 Å². The van der Waals surface area contributed by atoms with Gasteiger partial charge in [0.15, 0.2) is 0 Å². The Bertz CT molecular complexity index is 1260. The molecule has 7 nitrogen and oxygen atoms in total. The first-order valence-electron chi connectivity index (χ1n) is 9.51. The first-order chi connectivity index (χ1) is 15.8. The molecule has 0 aliphatic carbocycles. The number of carbonyl (C=O) groups excluding carboxylic acids is 2. The number of thioether (sulfide) groups is 1. The zero-order valence-electron chi connectivity index (χ0n) is 16.7. The van der Waals surface area contributed by atoms with Gasteiger partial charge in [0.25, 0.3) is 16.8 Å². The standard InChI is InChI=1S/C23H14I2N2O5S/c24-18-10-15(12-20-22(28)26(23(29)33-20)16-4-2-1-3-5-16)11-19(25)21(18)32-13-14-6-8-17(9-7-14)27(30)31/h1-12H,13H2/b20-12-. The van der Waals surface area contributed by atoms with Crippen LogP contribution in [0.5, 0.6) is 5.75 Å². The molecule has 3 aromatic rings. The molecule has 0 spiro atoms. The third kappa shape index (κ3) is 5.38. The maximum atomic E-state index is 12.8. The predicted octanol–water partition coefficient (Wildman–Crippen LogP) is 6.62. The van der Waals surface area contributed by atoms with E-state index in [0.717, 1.165) is 30.0 Å². The molecule has 0 radical (unpaired) electrons. The summed E-state index contributed by atoms with van der Waals surface area (Å²) in [5.74, 6) is 0.337. The van der Waals surface area contributed by atoms with Crippen molar-refractivity contribution >= 4 is 85.5 Å². The van der Waals surface area contributed by atoms with E-state index in [4.69, 9.17) is 4.74 Å². The molecule has 0 N–H and O–H groups in total. The minimum absolute atomic E-state index is 0.0314. The fourth-order valence-electron chi connectivity index (χ4n) is 3.09. The highest BCUT2D eigenvalue weighted by molar-refractivity contribution is 14.1. The van der Waals surface area contributed by atoms with Gasteiger partial charge in [-0.1, -0.05) is 18.2 Å². The van der Waals surface area contributed by atoms with Crippen molar-refractivity contribution in [2.45, 2.75) is 6.61 Å². The number of para-hydroxylation sites is 1. The number of hydrogen-bond donors (Lipinski definition) is 0. The van der Waals surface area contributed by atoms with Crippen LogP contribution in [-0.2, 0) is 11.4 Å². The summed E-state index contributed by atoms with van der Waals surface area (Å²) >= 11 is 5.23. The van der Waals surface area contributed by atoms with Crippen LogP contribution in [0.1, 0.15) is 11.1 Å². The van der Waals surface area contributed by atoms with Crippen molar-refractivity contribution in [3.63, 3.8) is 0 Å². The van der Waals surface area contributed by atoms with Gasteiger partial charge in [-0.3, -0.25) is 19.7 Å². The molecule has 10 heteroatoms. The molecule has 0 saturated carbocycles. The fraction of sp³-hybridized carbons (Fsp3) is 0.0435. The first kappa shape index (κ1) is 23.7. The fourth-order valence-corrected chi connectivity index (χ4v) is 6.06. The lowest BCUT2D eigenvalue weighted by atomic mass is 10.2. The summed E-state index contributed by atoms with van der Waals surface area (Å²) in [6.07, 6.45) is 1.71. The summed E-state index contributed by atoms with van der Waals surface area (Å²) in [5.41, 5.74) is 2.17. The Morgan fingerprint density at radius 2 is 1.64 bits per heavy atom. The van der Waals surface area contributed by atoms with E-state index in [1.54, 1.807) is 42.5 Å². The van der Waals surface area contributed by atoms with Gasteiger partial charge in [-0.25, -0.2) is 4.90 Å². The number of hydrogen-bond acceptors (Lipinski definition) is 6. The number of carbonyl (C=O) groups is 2. The second-order valence-electron chi connectivity index (χ2n) is 6.88. The second kappa shape index (κ2) is 10.2. The molecule has 2 amide bonds. The van der Waals surface area contributed by atoms with Gasteiger partial charge in [0.1, 0.15) is 12.4 Å². The number of imide groups is 1. The maximum absolute atomic E-state index is 12.8. The van der Waals surface area contributed by atoms with Crippen molar-refractivity contribution in [1.29, 1.82) is 0 Å². The van der Waals surface area contributed by atoms with E-state index in [-0.39, 0.29) is 23.4 Å². The molecule has 1 fully saturated rings. The summed E-state index contributed by atoms with van der Waals surface area (Å²) in [4.78, 5) is 37.1. The Balaban J connectivity index is 1.51. The van der Waals surface area contributed by atoms with Crippen LogP contribution in [-0.4, -0.2) is 16.1 Å².